The minimum atomic E-state index is -3.39. The number of halogens is 1. The number of carbonyl (C=O) groups is 2. The van der Waals surface area contributed by atoms with Crippen LogP contribution in [0.4, 0.5) is 11.4 Å². The molecule has 2 aromatic rings. The molecule has 0 aliphatic heterocycles. The van der Waals surface area contributed by atoms with E-state index in [2.05, 4.69) is 15.4 Å². The highest BCUT2D eigenvalue weighted by atomic mass is 35.5. The van der Waals surface area contributed by atoms with Crippen molar-refractivity contribution in [1.29, 1.82) is 0 Å². The average Bonchev–Trinajstić information content (AvgIpc) is 2.68. The van der Waals surface area contributed by atoms with Crippen molar-refractivity contribution in [2.45, 2.75) is 33.7 Å². The van der Waals surface area contributed by atoms with Gasteiger partial charge in [0.05, 0.1) is 22.0 Å². The van der Waals surface area contributed by atoms with E-state index < -0.39 is 22.0 Å². The predicted octanol–water partition coefficient (Wildman–Crippen LogP) is 3.80. The van der Waals surface area contributed by atoms with Crippen molar-refractivity contribution in [2.75, 3.05) is 15.8 Å². The van der Waals surface area contributed by atoms with Crippen LogP contribution in [0, 0.1) is 12.8 Å². The number of rotatable bonds is 8. The molecule has 30 heavy (non-hydrogen) atoms. The molecule has 7 nitrogen and oxygen atoms in total. The molecule has 0 saturated heterocycles. The van der Waals surface area contributed by atoms with E-state index in [1.807, 2.05) is 13.8 Å². The molecule has 162 valence electrons. The maximum atomic E-state index is 12.8. The highest BCUT2D eigenvalue weighted by Crippen LogP contribution is 2.22. The van der Waals surface area contributed by atoms with Crippen LogP contribution in [0.1, 0.15) is 36.7 Å². The second-order valence-corrected chi connectivity index (χ2v) is 9.62. The first-order valence-electron chi connectivity index (χ1n) is 9.51. The lowest BCUT2D eigenvalue weighted by molar-refractivity contribution is -0.118. The Hall–Kier alpha value is -2.58. The van der Waals surface area contributed by atoms with E-state index >= 15 is 0 Å². The van der Waals surface area contributed by atoms with Gasteiger partial charge in [-0.25, -0.2) is 8.42 Å². The zero-order valence-electron chi connectivity index (χ0n) is 17.3. The quantitative estimate of drug-likeness (QED) is 0.567. The molecule has 2 aromatic carbocycles. The van der Waals surface area contributed by atoms with Crippen LogP contribution in [0.15, 0.2) is 42.5 Å². The van der Waals surface area contributed by atoms with Gasteiger partial charge in [0, 0.05) is 5.69 Å². The third-order valence-corrected chi connectivity index (χ3v) is 6.11. The number of benzene rings is 2. The van der Waals surface area contributed by atoms with Gasteiger partial charge in [0.1, 0.15) is 6.04 Å². The van der Waals surface area contributed by atoms with Crippen LogP contribution < -0.4 is 15.4 Å². The molecular weight excluding hydrogens is 426 g/mol. The summed E-state index contributed by atoms with van der Waals surface area (Å²) in [7, 11) is -3.39. The number of nitrogens with one attached hydrogen (secondary N) is 3. The largest absolute Gasteiger partial charge is 0.340 e. The van der Waals surface area contributed by atoms with E-state index in [9.17, 15) is 18.0 Å². The van der Waals surface area contributed by atoms with Gasteiger partial charge in [-0.2, -0.15) is 0 Å². The Bertz CT molecular complexity index is 1040. The molecule has 0 radical (unpaired) electrons. The van der Waals surface area contributed by atoms with Gasteiger partial charge in [0.25, 0.3) is 5.91 Å². The lowest BCUT2D eigenvalue weighted by Gasteiger charge is -2.22. The molecular formula is C21H26ClN3O4S. The molecule has 1 atom stereocenters. The van der Waals surface area contributed by atoms with Crippen LogP contribution in [0.25, 0.3) is 0 Å². The summed E-state index contributed by atoms with van der Waals surface area (Å²) in [5, 5.41) is 5.81. The number of hydrogen-bond acceptors (Lipinski definition) is 4. The van der Waals surface area contributed by atoms with E-state index in [4.69, 9.17) is 11.6 Å². The zero-order valence-corrected chi connectivity index (χ0v) is 18.9. The first-order valence-corrected chi connectivity index (χ1v) is 11.5. The van der Waals surface area contributed by atoms with Crippen molar-refractivity contribution >= 4 is 44.8 Å². The minimum absolute atomic E-state index is 0.0356. The maximum absolute atomic E-state index is 12.8. The molecule has 0 heterocycles. The van der Waals surface area contributed by atoms with E-state index in [1.165, 1.54) is 0 Å². The Balaban J connectivity index is 2.14. The van der Waals surface area contributed by atoms with Gasteiger partial charge in [-0.3, -0.25) is 14.3 Å². The fourth-order valence-corrected chi connectivity index (χ4v) is 3.64. The summed E-state index contributed by atoms with van der Waals surface area (Å²) in [4.78, 5) is 25.4. The molecule has 0 bridgehead atoms. The van der Waals surface area contributed by atoms with Crippen molar-refractivity contribution in [3.05, 3.63) is 58.6 Å². The van der Waals surface area contributed by atoms with E-state index in [1.54, 1.807) is 56.3 Å². The summed E-state index contributed by atoms with van der Waals surface area (Å²) in [5.74, 6) is -1.03. The van der Waals surface area contributed by atoms with Crippen LogP contribution in [-0.2, 0) is 14.8 Å². The number of amides is 2. The molecule has 0 saturated carbocycles. The molecule has 2 amide bonds. The molecule has 0 aliphatic rings. The van der Waals surface area contributed by atoms with Crippen molar-refractivity contribution in [3.63, 3.8) is 0 Å². The molecule has 0 aliphatic carbocycles. The smallest absolute Gasteiger partial charge is 0.253 e. The zero-order chi connectivity index (χ0) is 22.5. The summed E-state index contributed by atoms with van der Waals surface area (Å²) >= 11 is 6.07. The van der Waals surface area contributed by atoms with Crippen LogP contribution in [0.3, 0.4) is 0 Å². The van der Waals surface area contributed by atoms with Crippen molar-refractivity contribution in [3.8, 4) is 0 Å². The molecule has 9 heteroatoms. The first kappa shape index (κ1) is 23.7. The number of aryl methyl sites for hydroxylation is 1. The number of carbonyl (C=O) groups excluding carboxylic acids is 2. The molecule has 0 aromatic heterocycles. The Morgan fingerprint density at radius 1 is 1.10 bits per heavy atom. The third kappa shape index (κ3) is 6.21. The van der Waals surface area contributed by atoms with Crippen LogP contribution in [-0.4, -0.2) is 32.0 Å². The lowest BCUT2D eigenvalue weighted by Crippen LogP contribution is -2.47. The van der Waals surface area contributed by atoms with Crippen molar-refractivity contribution < 1.29 is 18.0 Å². The normalized spacial score (nSPS) is 12.3. The standard InChI is InChI=1S/C21H26ClN3O4S/c1-5-30(28,29)25-18-11-10-15(12-14(18)4)23-21(27)19(13(2)3)24-20(26)16-8-6-7-9-17(16)22/h6-13,19,25H,5H2,1-4H3,(H,23,27)(H,24,26). The van der Waals surface area contributed by atoms with Gasteiger partial charge in [-0.15, -0.1) is 0 Å². The maximum Gasteiger partial charge on any atom is 0.253 e. The topological polar surface area (TPSA) is 104 Å². The van der Waals surface area contributed by atoms with Crippen LogP contribution in [0.2, 0.25) is 5.02 Å². The lowest BCUT2D eigenvalue weighted by atomic mass is 10.0. The summed E-state index contributed by atoms with van der Waals surface area (Å²) in [6.45, 7) is 6.94. The van der Waals surface area contributed by atoms with E-state index in [0.29, 0.717) is 27.5 Å². The minimum Gasteiger partial charge on any atom is -0.340 e. The van der Waals surface area contributed by atoms with Gasteiger partial charge in [0.15, 0.2) is 0 Å². The monoisotopic (exact) mass is 451 g/mol. The number of anilines is 2. The molecule has 0 fully saturated rings. The summed E-state index contributed by atoms with van der Waals surface area (Å²) < 4.78 is 26.0. The highest BCUT2D eigenvalue weighted by molar-refractivity contribution is 7.92. The summed E-state index contributed by atoms with van der Waals surface area (Å²) in [6, 6.07) is 10.7. The third-order valence-electron chi connectivity index (χ3n) is 4.49. The summed E-state index contributed by atoms with van der Waals surface area (Å²) in [6.07, 6.45) is 0. The molecule has 3 N–H and O–H groups in total. The Kier molecular flexibility index (Phi) is 7.86. The predicted molar refractivity (Wildman–Crippen MR) is 120 cm³/mol. The van der Waals surface area contributed by atoms with Gasteiger partial charge in [0.2, 0.25) is 15.9 Å². The van der Waals surface area contributed by atoms with Crippen molar-refractivity contribution in [2.24, 2.45) is 5.92 Å². The SMILES string of the molecule is CCS(=O)(=O)Nc1ccc(NC(=O)C(NC(=O)c2ccccc2Cl)C(C)C)cc1C. The number of sulfonamides is 1. The van der Waals surface area contributed by atoms with Gasteiger partial charge in [-0.1, -0.05) is 37.6 Å². The van der Waals surface area contributed by atoms with E-state index in [-0.39, 0.29) is 17.6 Å². The summed E-state index contributed by atoms with van der Waals surface area (Å²) in [5.41, 5.74) is 1.89. The molecule has 0 spiro atoms. The molecule has 1 unspecified atom stereocenters. The van der Waals surface area contributed by atoms with Gasteiger partial charge >= 0.3 is 0 Å². The van der Waals surface area contributed by atoms with Crippen molar-refractivity contribution in [1.82, 2.24) is 5.32 Å². The second-order valence-electron chi connectivity index (χ2n) is 7.20. The van der Waals surface area contributed by atoms with Crippen LogP contribution >= 0.6 is 11.6 Å². The van der Waals surface area contributed by atoms with E-state index in [0.717, 1.165) is 0 Å². The second kappa shape index (κ2) is 9.95. The van der Waals surface area contributed by atoms with Gasteiger partial charge in [-0.05, 0) is 55.7 Å². The fourth-order valence-electron chi connectivity index (χ4n) is 2.71. The average molecular weight is 452 g/mol. The Morgan fingerprint density at radius 2 is 1.77 bits per heavy atom. The Labute approximate surface area is 182 Å². The fraction of sp³-hybridized carbons (Fsp3) is 0.333. The Morgan fingerprint density at radius 3 is 2.33 bits per heavy atom. The van der Waals surface area contributed by atoms with Gasteiger partial charge < -0.3 is 10.6 Å². The highest BCUT2D eigenvalue weighted by Gasteiger charge is 2.25. The van der Waals surface area contributed by atoms with Crippen LogP contribution in [0.5, 0.6) is 0 Å². The molecule has 2 rings (SSSR count). The number of hydrogen-bond donors (Lipinski definition) is 3. The first-order chi connectivity index (χ1) is 14.0.